The summed E-state index contributed by atoms with van der Waals surface area (Å²) >= 11 is 0. The number of benzene rings is 3. The third-order valence-electron chi connectivity index (χ3n) is 4.69. The molecule has 148 valence electrons. The van der Waals surface area contributed by atoms with Gasteiger partial charge in [-0.05, 0) is 42.3 Å². The third-order valence-corrected chi connectivity index (χ3v) is 4.69. The smallest absolute Gasteiger partial charge is 0.251 e. The van der Waals surface area contributed by atoms with Crippen LogP contribution in [0.3, 0.4) is 0 Å². The van der Waals surface area contributed by atoms with Crippen LogP contribution in [0.1, 0.15) is 34.5 Å². The molecule has 2 atom stereocenters. The van der Waals surface area contributed by atoms with Crippen molar-refractivity contribution in [1.82, 2.24) is 10.6 Å². The van der Waals surface area contributed by atoms with E-state index < -0.39 is 6.04 Å². The van der Waals surface area contributed by atoms with Gasteiger partial charge < -0.3 is 15.7 Å². The second kappa shape index (κ2) is 9.55. The van der Waals surface area contributed by atoms with Gasteiger partial charge in [-0.25, -0.2) is 0 Å². The Morgan fingerprint density at radius 1 is 0.828 bits per heavy atom. The molecular formula is C24H24N2O3. The van der Waals surface area contributed by atoms with Gasteiger partial charge >= 0.3 is 0 Å². The number of carbonyl (C=O) groups excluding carboxylic acids is 2. The number of hydrogen-bond acceptors (Lipinski definition) is 3. The molecule has 0 spiro atoms. The quantitative estimate of drug-likeness (QED) is 0.579. The standard InChI is InChI=1S/C24H24N2O3/c1-17(19-8-4-2-5-9-19)25-24(29)22(16-18-12-14-21(27)15-13-18)26-23(28)20-10-6-3-7-11-20/h2-15,17,22,27H,16H2,1H3,(H,25,29)(H,26,28)/t17?,22-/m0/s1. The molecule has 3 aromatic carbocycles. The van der Waals surface area contributed by atoms with Crippen molar-refractivity contribution < 1.29 is 14.7 Å². The van der Waals surface area contributed by atoms with Crippen LogP contribution in [0.2, 0.25) is 0 Å². The van der Waals surface area contributed by atoms with Gasteiger partial charge in [0.2, 0.25) is 5.91 Å². The van der Waals surface area contributed by atoms with Crippen LogP contribution in [0.25, 0.3) is 0 Å². The lowest BCUT2D eigenvalue weighted by atomic mass is 10.0. The highest BCUT2D eigenvalue weighted by molar-refractivity contribution is 5.97. The first-order valence-corrected chi connectivity index (χ1v) is 9.52. The summed E-state index contributed by atoms with van der Waals surface area (Å²) in [4.78, 5) is 25.6. The van der Waals surface area contributed by atoms with Gasteiger partial charge in [-0.1, -0.05) is 60.7 Å². The normalized spacial score (nSPS) is 12.6. The van der Waals surface area contributed by atoms with Crippen LogP contribution >= 0.6 is 0 Å². The van der Waals surface area contributed by atoms with Crippen molar-refractivity contribution in [3.05, 3.63) is 102 Å². The van der Waals surface area contributed by atoms with Crippen molar-refractivity contribution in [2.45, 2.75) is 25.4 Å². The lowest BCUT2D eigenvalue weighted by molar-refractivity contribution is -0.123. The third kappa shape index (κ3) is 5.69. The van der Waals surface area contributed by atoms with Gasteiger partial charge in [0.25, 0.3) is 5.91 Å². The number of aromatic hydroxyl groups is 1. The van der Waals surface area contributed by atoms with E-state index in [0.29, 0.717) is 12.0 Å². The highest BCUT2D eigenvalue weighted by atomic mass is 16.3. The lowest BCUT2D eigenvalue weighted by Crippen LogP contribution is -2.48. The molecule has 0 radical (unpaired) electrons. The molecule has 0 aliphatic heterocycles. The Morgan fingerprint density at radius 3 is 2.03 bits per heavy atom. The predicted molar refractivity (Wildman–Crippen MR) is 113 cm³/mol. The van der Waals surface area contributed by atoms with E-state index in [4.69, 9.17) is 0 Å². The van der Waals surface area contributed by atoms with E-state index in [1.165, 1.54) is 0 Å². The number of nitrogens with one attached hydrogen (secondary N) is 2. The summed E-state index contributed by atoms with van der Waals surface area (Å²) in [6.07, 6.45) is 0.312. The van der Waals surface area contributed by atoms with Crippen molar-refractivity contribution in [2.24, 2.45) is 0 Å². The van der Waals surface area contributed by atoms with Crippen molar-refractivity contribution in [3.8, 4) is 5.75 Å². The summed E-state index contributed by atoms with van der Waals surface area (Å²) < 4.78 is 0. The van der Waals surface area contributed by atoms with Crippen LogP contribution in [0.5, 0.6) is 5.75 Å². The highest BCUT2D eigenvalue weighted by Crippen LogP contribution is 2.14. The molecule has 3 rings (SSSR count). The molecule has 0 aliphatic carbocycles. The Labute approximate surface area is 170 Å². The molecule has 0 aromatic heterocycles. The van der Waals surface area contributed by atoms with E-state index in [0.717, 1.165) is 11.1 Å². The highest BCUT2D eigenvalue weighted by Gasteiger charge is 2.23. The lowest BCUT2D eigenvalue weighted by Gasteiger charge is -2.22. The average molecular weight is 388 g/mol. The zero-order valence-corrected chi connectivity index (χ0v) is 16.2. The minimum atomic E-state index is -0.751. The largest absolute Gasteiger partial charge is 0.508 e. The summed E-state index contributed by atoms with van der Waals surface area (Å²) in [5.74, 6) is -0.420. The zero-order chi connectivity index (χ0) is 20.6. The average Bonchev–Trinajstić information content (AvgIpc) is 2.76. The molecule has 3 N–H and O–H groups in total. The van der Waals surface area contributed by atoms with Crippen LogP contribution in [-0.4, -0.2) is 23.0 Å². The van der Waals surface area contributed by atoms with Crippen LogP contribution in [-0.2, 0) is 11.2 Å². The van der Waals surface area contributed by atoms with E-state index in [-0.39, 0.29) is 23.6 Å². The monoisotopic (exact) mass is 388 g/mol. The first-order chi connectivity index (χ1) is 14.0. The van der Waals surface area contributed by atoms with Crippen LogP contribution in [0.15, 0.2) is 84.9 Å². The Kier molecular flexibility index (Phi) is 6.63. The van der Waals surface area contributed by atoms with Crippen LogP contribution < -0.4 is 10.6 Å². The molecule has 0 fully saturated rings. The molecule has 1 unspecified atom stereocenters. The summed E-state index contributed by atoms with van der Waals surface area (Å²) in [6.45, 7) is 1.91. The fraction of sp³-hybridized carbons (Fsp3) is 0.167. The van der Waals surface area contributed by atoms with Crippen molar-refractivity contribution >= 4 is 11.8 Å². The first kappa shape index (κ1) is 20.1. The molecule has 29 heavy (non-hydrogen) atoms. The van der Waals surface area contributed by atoms with E-state index in [2.05, 4.69) is 10.6 Å². The molecule has 0 saturated heterocycles. The second-order valence-electron chi connectivity index (χ2n) is 6.90. The molecular weight excluding hydrogens is 364 g/mol. The Balaban J connectivity index is 1.76. The van der Waals surface area contributed by atoms with Gasteiger partial charge in [0.1, 0.15) is 11.8 Å². The maximum absolute atomic E-state index is 13.0. The number of amides is 2. The zero-order valence-electron chi connectivity index (χ0n) is 16.2. The molecule has 0 bridgehead atoms. The van der Waals surface area contributed by atoms with E-state index >= 15 is 0 Å². The topological polar surface area (TPSA) is 78.4 Å². The van der Waals surface area contributed by atoms with Gasteiger partial charge in [-0.3, -0.25) is 9.59 Å². The van der Waals surface area contributed by atoms with E-state index in [9.17, 15) is 14.7 Å². The Hall–Kier alpha value is -3.60. The minimum absolute atomic E-state index is 0.153. The van der Waals surface area contributed by atoms with Gasteiger partial charge in [0.05, 0.1) is 6.04 Å². The first-order valence-electron chi connectivity index (χ1n) is 9.52. The molecule has 5 nitrogen and oxygen atoms in total. The molecule has 0 saturated carbocycles. The Bertz CT molecular complexity index is 941. The Morgan fingerprint density at radius 2 is 1.41 bits per heavy atom. The van der Waals surface area contributed by atoms with Gasteiger partial charge in [-0.15, -0.1) is 0 Å². The maximum atomic E-state index is 13.0. The summed E-state index contributed by atoms with van der Waals surface area (Å²) in [5.41, 5.74) is 2.31. The molecule has 3 aromatic rings. The van der Waals surface area contributed by atoms with Crippen LogP contribution in [0.4, 0.5) is 0 Å². The second-order valence-corrected chi connectivity index (χ2v) is 6.90. The minimum Gasteiger partial charge on any atom is -0.508 e. The fourth-order valence-electron chi connectivity index (χ4n) is 3.05. The summed E-state index contributed by atoms with van der Waals surface area (Å²) in [7, 11) is 0. The molecule has 5 heteroatoms. The number of phenolic OH excluding ortho intramolecular Hbond substituents is 1. The predicted octanol–water partition coefficient (Wildman–Crippen LogP) is 3.61. The van der Waals surface area contributed by atoms with E-state index in [1.807, 2.05) is 43.3 Å². The van der Waals surface area contributed by atoms with Gasteiger partial charge in [0, 0.05) is 12.0 Å². The summed E-state index contributed by atoms with van der Waals surface area (Å²) in [6, 6.07) is 24.1. The van der Waals surface area contributed by atoms with Gasteiger partial charge in [0.15, 0.2) is 0 Å². The number of phenols is 1. The van der Waals surface area contributed by atoms with Crippen molar-refractivity contribution in [2.75, 3.05) is 0 Å². The number of hydrogen-bond donors (Lipinski definition) is 3. The van der Waals surface area contributed by atoms with Crippen molar-refractivity contribution in [1.29, 1.82) is 0 Å². The SMILES string of the molecule is CC(NC(=O)[C@H](Cc1ccc(O)cc1)NC(=O)c1ccccc1)c1ccccc1. The van der Waals surface area contributed by atoms with Gasteiger partial charge in [-0.2, -0.15) is 0 Å². The molecule has 0 aliphatic rings. The number of rotatable bonds is 7. The number of carbonyl (C=O) groups is 2. The molecule has 2 amide bonds. The summed E-state index contributed by atoms with van der Waals surface area (Å²) in [5, 5.41) is 15.3. The van der Waals surface area contributed by atoms with E-state index in [1.54, 1.807) is 48.5 Å². The molecule has 0 heterocycles. The van der Waals surface area contributed by atoms with Crippen molar-refractivity contribution in [3.63, 3.8) is 0 Å². The fourth-order valence-corrected chi connectivity index (χ4v) is 3.05. The van der Waals surface area contributed by atoms with Crippen LogP contribution in [0, 0.1) is 0 Å². The maximum Gasteiger partial charge on any atom is 0.251 e.